The molecule has 8 bridgehead atoms. The number of fused-ring (bicyclic) bond motifs is 16. The van der Waals surface area contributed by atoms with E-state index in [2.05, 4.69) is 83.5 Å². The standard InChI is InChI=1S/C14H24N2O.C14H20N2O.C14H26N2.C11H14N2O.C3H6O/c2*1-10(2)15-7-11-6-12(9-15)13-4-3-5-14(17)16(13)8-11;1-11(2)16-9-12-7-13(10-16)14-5-3-4-6-15(14)8-12;14-11-3-1-2-10-9-4-8(5-12-6-9)7-13(10)11;1-3(2)4/h10-13H,3-9H2,1-2H3;3-5,10-12H,6-9H2,1-2H3;11-14H,3-10H2,1-2H3;1-3,8-9,12H,4-7H2;1-2H3/t11-,12+,13-;11-,12+;12-,13-,14+;8-,9+;/m0010./s1. The molecular weight excluding hydrogens is 849 g/mol. The lowest BCUT2D eigenvalue weighted by atomic mass is 9.75. The molecule has 10 aliphatic rings. The Morgan fingerprint density at radius 1 is 0.544 bits per heavy atom. The van der Waals surface area contributed by atoms with E-state index < -0.39 is 0 Å². The highest BCUT2D eigenvalue weighted by Gasteiger charge is 2.45. The van der Waals surface area contributed by atoms with Crippen LogP contribution in [0.5, 0.6) is 0 Å². The van der Waals surface area contributed by atoms with Crippen molar-refractivity contribution >= 4 is 11.7 Å². The molecule has 1 amide bonds. The van der Waals surface area contributed by atoms with Crippen LogP contribution in [-0.2, 0) is 22.7 Å². The van der Waals surface area contributed by atoms with Crippen LogP contribution in [0.25, 0.3) is 0 Å². The van der Waals surface area contributed by atoms with Gasteiger partial charge in [-0.3, -0.25) is 24.2 Å². The second-order valence-electron chi connectivity index (χ2n) is 23.9. The highest BCUT2D eigenvalue weighted by molar-refractivity contribution is 5.77. The number of rotatable bonds is 3. The van der Waals surface area contributed by atoms with Gasteiger partial charge in [0.05, 0.1) is 0 Å². The van der Waals surface area contributed by atoms with Gasteiger partial charge in [-0.1, -0.05) is 18.6 Å². The van der Waals surface area contributed by atoms with E-state index >= 15 is 0 Å². The lowest BCUT2D eigenvalue weighted by Crippen LogP contribution is -2.61. The van der Waals surface area contributed by atoms with E-state index in [4.69, 9.17) is 0 Å². The van der Waals surface area contributed by atoms with Crippen LogP contribution < -0.4 is 16.4 Å². The van der Waals surface area contributed by atoms with Gasteiger partial charge in [-0.2, -0.15) is 0 Å². The van der Waals surface area contributed by atoms with E-state index in [1.165, 1.54) is 116 Å². The summed E-state index contributed by atoms with van der Waals surface area (Å²) in [6.07, 6.45) is 12.9. The SMILES string of the molecule is CC(C)=O.CC(C)N1C[C@@H]2C[C@H](C1)[C@@H]1CCCC(=O)N1C2.CC(C)N1C[C@@H]2C[C@H](C1)[C@@H]1CCCCN1C2.CC(C)N1C[C@@H]2C[C@H](C1)c1cccc(=O)n1C2.O=c1cccc2n1C[C@@H]1CNC[C@H]2C1. The number of piperidine rings is 8. The molecule has 0 aliphatic carbocycles. The largest absolute Gasteiger partial charge is 0.339 e. The molecule has 12 heterocycles. The van der Waals surface area contributed by atoms with Crippen LogP contribution in [-0.4, -0.2) is 148 Å². The first kappa shape index (κ1) is 51.2. The zero-order valence-electron chi connectivity index (χ0n) is 43.5. The minimum absolute atomic E-state index is 0.166. The topological polar surface area (TPSA) is 106 Å². The summed E-state index contributed by atoms with van der Waals surface area (Å²) in [4.78, 5) is 57.9. The Morgan fingerprint density at radius 2 is 1.06 bits per heavy atom. The van der Waals surface area contributed by atoms with Gasteiger partial charge in [0.1, 0.15) is 5.78 Å². The van der Waals surface area contributed by atoms with Crippen molar-refractivity contribution in [3.8, 4) is 0 Å². The van der Waals surface area contributed by atoms with Gasteiger partial charge in [0, 0.05) is 144 Å². The Bertz CT molecular complexity index is 2110. The lowest BCUT2D eigenvalue weighted by Gasteiger charge is -2.53. The number of pyridine rings is 2. The molecule has 8 saturated heterocycles. The molecule has 8 fully saturated rings. The molecule has 0 spiro atoms. The number of likely N-dealkylation sites (tertiary alicyclic amines) is 3. The number of ketones is 1. The zero-order chi connectivity index (χ0) is 48.2. The number of carbonyl (C=O) groups is 2. The molecule has 0 aromatic carbocycles. The molecule has 2 aromatic heterocycles. The number of carbonyl (C=O) groups excluding carboxylic acids is 2. The van der Waals surface area contributed by atoms with E-state index in [0.29, 0.717) is 47.7 Å². The molecule has 0 saturated carbocycles. The van der Waals surface area contributed by atoms with Gasteiger partial charge < -0.3 is 33.9 Å². The number of hydrogen-bond donors (Lipinski definition) is 1. The third kappa shape index (κ3) is 12.3. The Morgan fingerprint density at radius 3 is 1.68 bits per heavy atom. The highest BCUT2D eigenvalue weighted by atomic mass is 16.2. The third-order valence-electron chi connectivity index (χ3n) is 17.6. The van der Waals surface area contributed by atoms with E-state index in [-0.39, 0.29) is 16.9 Å². The average molecular weight is 939 g/mol. The van der Waals surface area contributed by atoms with Crippen LogP contribution >= 0.6 is 0 Å². The van der Waals surface area contributed by atoms with E-state index in [1.54, 1.807) is 12.1 Å². The van der Waals surface area contributed by atoms with Crippen molar-refractivity contribution < 1.29 is 9.59 Å². The fraction of sp³-hybridized carbons (Fsp3) is 0.786. The first-order valence-electron chi connectivity index (χ1n) is 27.4. The van der Waals surface area contributed by atoms with E-state index in [1.807, 2.05) is 21.3 Å². The zero-order valence-corrected chi connectivity index (χ0v) is 43.5. The van der Waals surface area contributed by atoms with E-state index in [9.17, 15) is 19.2 Å². The van der Waals surface area contributed by atoms with Crippen molar-refractivity contribution in [1.29, 1.82) is 0 Å². The molecule has 378 valence electrons. The summed E-state index contributed by atoms with van der Waals surface area (Å²) in [5.74, 6) is 6.43. The van der Waals surface area contributed by atoms with Crippen molar-refractivity contribution in [3.63, 3.8) is 0 Å². The summed E-state index contributed by atoms with van der Waals surface area (Å²) in [7, 11) is 0. The summed E-state index contributed by atoms with van der Waals surface area (Å²) in [5.41, 5.74) is 2.81. The van der Waals surface area contributed by atoms with Crippen LogP contribution in [0.4, 0.5) is 0 Å². The minimum atomic E-state index is 0.166. The molecule has 0 unspecified atom stereocenters. The molecule has 0 radical (unpaired) electrons. The van der Waals surface area contributed by atoms with Gasteiger partial charge in [-0.25, -0.2) is 0 Å². The van der Waals surface area contributed by atoms with Gasteiger partial charge in [-0.05, 0) is 167 Å². The summed E-state index contributed by atoms with van der Waals surface area (Å²) >= 11 is 0. The van der Waals surface area contributed by atoms with Gasteiger partial charge >= 0.3 is 0 Å². The first-order valence-corrected chi connectivity index (χ1v) is 27.4. The normalized spacial score (nSPS) is 32.8. The number of Topliss-reactive ketones (excluding diaryl/α,β-unsaturated/α-hetero) is 1. The summed E-state index contributed by atoms with van der Waals surface area (Å²) in [6, 6.07) is 14.9. The highest BCUT2D eigenvalue weighted by Crippen LogP contribution is 2.40. The molecule has 12 rings (SSSR count). The number of aromatic nitrogens is 2. The second kappa shape index (κ2) is 22.9. The van der Waals surface area contributed by atoms with Crippen molar-refractivity contribution in [2.75, 3.05) is 72.0 Å². The smallest absolute Gasteiger partial charge is 0.250 e. The van der Waals surface area contributed by atoms with E-state index in [0.717, 1.165) is 94.4 Å². The average Bonchev–Trinajstić information content (AvgIpc) is 3.30. The Kier molecular flexibility index (Phi) is 17.3. The van der Waals surface area contributed by atoms with Crippen LogP contribution in [0.15, 0.2) is 46.0 Å². The molecule has 12 nitrogen and oxygen atoms in total. The van der Waals surface area contributed by atoms with Crippen LogP contribution in [0.2, 0.25) is 0 Å². The third-order valence-corrected chi connectivity index (χ3v) is 17.6. The predicted molar refractivity (Wildman–Crippen MR) is 274 cm³/mol. The van der Waals surface area contributed by atoms with Gasteiger partial charge in [-0.15, -0.1) is 0 Å². The number of nitrogens with one attached hydrogen (secondary N) is 1. The molecule has 10 atom stereocenters. The first-order chi connectivity index (χ1) is 32.6. The minimum Gasteiger partial charge on any atom is -0.339 e. The molecular formula is C56H90N8O4. The number of hydrogen-bond acceptors (Lipinski definition) is 9. The lowest BCUT2D eigenvalue weighted by molar-refractivity contribution is -0.145. The molecule has 2 aromatic rings. The van der Waals surface area contributed by atoms with Crippen LogP contribution in [0.1, 0.15) is 143 Å². The summed E-state index contributed by atoms with van der Waals surface area (Å²) < 4.78 is 3.95. The summed E-state index contributed by atoms with van der Waals surface area (Å²) in [5, 5.41) is 3.43. The van der Waals surface area contributed by atoms with Crippen LogP contribution in [0.3, 0.4) is 0 Å². The molecule has 10 aliphatic heterocycles. The fourth-order valence-electron chi connectivity index (χ4n) is 14.4. The second-order valence-corrected chi connectivity index (χ2v) is 23.9. The molecule has 68 heavy (non-hydrogen) atoms. The maximum atomic E-state index is 12.0. The fourth-order valence-corrected chi connectivity index (χ4v) is 14.4. The van der Waals surface area contributed by atoms with Gasteiger partial charge in [0.25, 0.3) is 11.1 Å². The summed E-state index contributed by atoms with van der Waals surface area (Å²) in [6.45, 7) is 32.0. The monoisotopic (exact) mass is 939 g/mol. The van der Waals surface area contributed by atoms with Gasteiger partial charge in [0.15, 0.2) is 0 Å². The number of nitrogens with zero attached hydrogens (tertiary/aromatic N) is 7. The van der Waals surface area contributed by atoms with Gasteiger partial charge in [0.2, 0.25) is 5.91 Å². The number of amides is 1. The van der Waals surface area contributed by atoms with Crippen LogP contribution in [0, 0.1) is 35.5 Å². The Balaban J connectivity index is 0.000000120. The maximum absolute atomic E-state index is 12.0. The quantitative estimate of drug-likeness (QED) is 0.358. The van der Waals surface area contributed by atoms with Crippen molar-refractivity contribution in [2.24, 2.45) is 35.5 Å². The Hall–Kier alpha value is -3.16. The molecule has 1 N–H and O–H groups in total. The maximum Gasteiger partial charge on any atom is 0.250 e. The molecule has 12 heteroatoms. The van der Waals surface area contributed by atoms with Crippen molar-refractivity contribution in [1.82, 2.24) is 39.0 Å². The van der Waals surface area contributed by atoms with Crippen molar-refractivity contribution in [3.05, 3.63) is 68.5 Å². The van der Waals surface area contributed by atoms with Crippen molar-refractivity contribution in [2.45, 2.75) is 175 Å². The Labute approximate surface area is 409 Å². The predicted octanol–water partition coefficient (Wildman–Crippen LogP) is 6.75.